The summed E-state index contributed by atoms with van der Waals surface area (Å²) in [5.41, 5.74) is 3.55. The number of benzene rings is 2. The van der Waals surface area contributed by atoms with E-state index in [1.807, 2.05) is 55.6 Å². The van der Waals surface area contributed by atoms with Crippen LogP contribution in [0.15, 0.2) is 54.6 Å². The van der Waals surface area contributed by atoms with Gasteiger partial charge in [-0.25, -0.2) is 0 Å². The molecule has 1 amide bonds. The minimum absolute atomic E-state index is 0.117. The molecule has 2 aromatic rings. The van der Waals surface area contributed by atoms with Gasteiger partial charge < -0.3 is 10.2 Å². The summed E-state index contributed by atoms with van der Waals surface area (Å²) >= 11 is 0. The molecule has 1 heterocycles. The molecule has 1 N–H and O–H groups in total. The Bertz CT molecular complexity index is 624. The van der Waals surface area contributed by atoms with E-state index in [1.54, 1.807) is 4.90 Å². The molecule has 108 valence electrons. The van der Waals surface area contributed by atoms with Crippen molar-refractivity contribution in [2.45, 2.75) is 25.4 Å². The van der Waals surface area contributed by atoms with Gasteiger partial charge in [0.1, 0.15) is 6.04 Å². The number of hydrogen-bond donors (Lipinski definition) is 1. The number of anilines is 1. The summed E-state index contributed by atoms with van der Waals surface area (Å²) in [6.45, 7) is 0.652. The summed E-state index contributed by atoms with van der Waals surface area (Å²) < 4.78 is 0. The van der Waals surface area contributed by atoms with Crippen LogP contribution in [0.4, 0.5) is 5.69 Å². The molecule has 0 fully saturated rings. The van der Waals surface area contributed by atoms with Gasteiger partial charge in [0.15, 0.2) is 0 Å². The van der Waals surface area contributed by atoms with E-state index in [9.17, 15) is 4.79 Å². The quantitative estimate of drug-likeness (QED) is 0.937. The van der Waals surface area contributed by atoms with E-state index in [4.69, 9.17) is 0 Å². The lowest BCUT2D eigenvalue weighted by Crippen LogP contribution is -2.42. The summed E-state index contributed by atoms with van der Waals surface area (Å²) in [4.78, 5) is 14.4. The Morgan fingerprint density at radius 2 is 1.86 bits per heavy atom. The molecule has 1 unspecified atom stereocenters. The van der Waals surface area contributed by atoms with E-state index < -0.39 is 0 Å². The van der Waals surface area contributed by atoms with Gasteiger partial charge in [-0.2, -0.15) is 0 Å². The maximum absolute atomic E-state index is 12.6. The topological polar surface area (TPSA) is 32.3 Å². The minimum Gasteiger partial charge on any atom is -0.373 e. The number of nitrogens with one attached hydrogen (secondary N) is 1. The molecule has 0 aliphatic carbocycles. The van der Waals surface area contributed by atoms with Crippen molar-refractivity contribution >= 4 is 11.6 Å². The zero-order valence-corrected chi connectivity index (χ0v) is 12.3. The third-order valence-electron chi connectivity index (χ3n) is 3.99. The predicted octanol–water partition coefficient (Wildman–Crippen LogP) is 3.07. The average molecular weight is 280 g/mol. The Morgan fingerprint density at radius 1 is 1.14 bits per heavy atom. The molecular formula is C18H20N2O. The second kappa shape index (κ2) is 6.00. The van der Waals surface area contributed by atoms with Crippen molar-refractivity contribution in [2.75, 3.05) is 12.4 Å². The molecule has 3 rings (SSSR count). The van der Waals surface area contributed by atoms with Crippen LogP contribution in [0.1, 0.15) is 17.5 Å². The van der Waals surface area contributed by atoms with Gasteiger partial charge in [0, 0.05) is 19.3 Å². The molecule has 0 radical (unpaired) electrons. The maximum Gasteiger partial charge on any atom is 0.245 e. The lowest BCUT2D eigenvalue weighted by molar-refractivity contribution is -0.131. The molecule has 3 nitrogen and oxygen atoms in total. The minimum atomic E-state index is -0.117. The number of carbonyl (C=O) groups is 1. The molecule has 21 heavy (non-hydrogen) atoms. The molecular weight excluding hydrogens is 260 g/mol. The van der Waals surface area contributed by atoms with Gasteiger partial charge in [0.05, 0.1) is 0 Å². The smallest absolute Gasteiger partial charge is 0.245 e. The fourth-order valence-electron chi connectivity index (χ4n) is 2.83. The fraction of sp³-hybridized carbons (Fsp3) is 0.278. The first kappa shape index (κ1) is 13.7. The molecule has 0 spiro atoms. The fourth-order valence-corrected chi connectivity index (χ4v) is 2.83. The van der Waals surface area contributed by atoms with Crippen LogP contribution in [0.5, 0.6) is 0 Å². The van der Waals surface area contributed by atoms with Crippen LogP contribution in [0, 0.1) is 0 Å². The Kier molecular flexibility index (Phi) is 3.91. The highest BCUT2D eigenvalue weighted by Gasteiger charge is 2.26. The van der Waals surface area contributed by atoms with Crippen LogP contribution >= 0.6 is 0 Å². The van der Waals surface area contributed by atoms with Gasteiger partial charge in [-0.15, -0.1) is 0 Å². The highest BCUT2D eigenvalue weighted by molar-refractivity contribution is 5.85. The number of fused-ring (bicyclic) bond motifs is 1. The van der Waals surface area contributed by atoms with Gasteiger partial charge in [-0.3, -0.25) is 4.79 Å². The van der Waals surface area contributed by atoms with Gasteiger partial charge in [-0.05, 0) is 30.0 Å². The molecule has 0 aromatic heterocycles. The summed E-state index contributed by atoms with van der Waals surface area (Å²) in [6, 6.07) is 18.2. The zero-order valence-electron chi connectivity index (χ0n) is 12.3. The molecule has 1 aliphatic heterocycles. The number of para-hydroxylation sites is 1. The highest BCUT2D eigenvalue weighted by atomic mass is 16.2. The van der Waals surface area contributed by atoms with E-state index in [0.29, 0.717) is 6.54 Å². The van der Waals surface area contributed by atoms with Crippen molar-refractivity contribution in [3.8, 4) is 0 Å². The third kappa shape index (κ3) is 3.07. The monoisotopic (exact) mass is 280 g/mol. The maximum atomic E-state index is 12.6. The van der Waals surface area contributed by atoms with Crippen molar-refractivity contribution < 1.29 is 4.79 Å². The van der Waals surface area contributed by atoms with Crippen LogP contribution in [0.3, 0.4) is 0 Å². The zero-order chi connectivity index (χ0) is 14.7. The number of aryl methyl sites for hydroxylation is 1. The van der Waals surface area contributed by atoms with Crippen molar-refractivity contribution in [1.82, 2.24) is 4.90 Å². The summed E-state index contributed by atoms with van der Waals surface area (Å²) in [5, 5.41) is 3.37. The Hall–Kier alpha value is -2.29. The van der Waals surface area contributed by atoms with Gasteiger partial charge in [0.2, 0.25) is 5.91 Å². The molecule has 3 heteroatoms. The first-order chi connectivity index (χ1) is 10.2. The number of carbonyl (C=O) groups excluding carboxylic acids is 1. The first-order valence-corrected chi connectivity index (χ1v) is 7.37. The van der Waals surface area contributed by atoms with Crippen LogP contribution in [0.2, 0.25) is 0 Å². The highest BCUT2D eigenvalue weighted by Crippen LogP contribution is 2.25. The van der Waals surface area contributed by atoms with Crippen molar-refractivity contribution in [1.29, 1.82) is 0 Å². The first-order valence-electron chi connectivity index (χ1n) is 7.37. The molecule has 0 bridgehead atoms. The van der Waals surface area contributed by atoms with E-state index in [1.165, 1.54) is 5.56 Å². The van der Waals surface area contributed by atoms with E-state index in [-0.39, 0.29) is 11.9 Å². The van der Waals surface area contributed by atoms with Crippen LogP contribution in [-0.2, 0) is 17.8 Å². The summed E-state index contributed by atoms with van der Waals surface area (Å²) in [5.74, 6) is 0.161. The van der Waals surface area contributed by atoms with Gasteiger partial charge in [-0.1, -0.05) is 48.5 Å². The second-order valence-corrected chi connectivity index (χ2v) is 5.57. The number of likely N-dealkylation sites (N-methyl/N-ethyl adjacent to an activating group) is 1. The van der Waals surface area contributed by atoms with Crippen molar-refractivity contribution in [3.05, 3.63) is 65.7 Å². The lowest BCUT2D eigenvalue weighted by atomic mass is 9.97. The lowest BCUT2D eigenvalue weighted by Gasteiger charge is -2.29. The van der Waals surface area contributed by atoms with Crippen molar-refractivity contribution in [3.63, 3.8) is 0 Å². The molecule has 1 atom stereocenters. The van der Waals surface area contributed by atoms with Gasteiger partial charge in [0.25, 0.3) is 0 Å². The Balaban J connectivity index is 1.66. The number of rotatable bonds is 3. The molecule has 1 aliphatic rings. The van der Waals surface area contributed by atoms with Gasteiger partial charge >= 0.3 is 0 Å². The number of hydrogen-bond acceptors (Lipinski definition) is 2. The van der Waals surface area contributed by atoms with Crippen LogP contribution < -0.4 is 5.32 Å². The summed E-state index contributed by atoms with van der Waals surface area (Å²) in [7, 11) is 1.87. The second-order valence-electron chi connectivity index (χ2n) is 5.57. The average Bonchev–Trinajstić information content (AvgIpc) is 2.54. The van der Waals surface area contributed by atoms with Crippen LogP contribution in [0.25, 0.3) is 0 Å². The van der Waals surface area contributed by atoms with Crippen molar-refractivity contribution in [2.24, 2.45) is 0 Å². The Labute approximate surface area is 125 Å². The van der Waals surface area contributed by atoms with E-state index >= 15 is 0 Å². The predicted molar refractivity (Wildman–Crippen MR) is 85.1 cm³/mol. The van der Waals surface area contributed by atoms with E-state index in [2.05, 4.69) is 11.4 Å². The summed E-state index contributed by atoms with van der Waals surface area (Å²) in [6.07, 6.45) is 1.81. The molecule has 2 aromatic carbocycles. The number of amides is 1. The van der Waals surface area contributed by atoms with Crippen LogP contribution in [-0.4, -0.2) is 23.9 Å². The SMILES string of the molecule is CN(Cc1ccccc1)C(=O)C1CCc2ccccc2N1. The normalized spacial score (nSPS) is 16.7. The Morgan fingerprint density at radius 3 is 2.67 bits per heavy atom. The number of nitrogens with zero attached hydrogens (tertiary/aromatic N) is 1. The molecule has 0 saturated heterocycles. The standard InChI is InChI=1S/C18H20N2O/c1-20(13-14-7-3-2-4-8-14)18(21)17-12-11-15-9-5-6-10-16(15)19-17/h2-10,17,19H,11-13H2,1H3. The largest absolute Gasteiger partial charge is 0.373 e. The van der Waals surface area contributed by atoms with E-state index in [0.717, 1.165) is 24.1 Å². The third-order valence-corrected chi connectivity index (χ3v) is 3.99. The molecule has 0 saturated carbocycles.